The molecule has 0 fully saturated rings. The molecule has 0 spiro atoms. The Labute approximate surface area is 198 Å². The number of amides is 1. The third-order valence-corrected chi connectivity index (χ3v) is 7.97. The van der Waals surface area contributed by atoms with Gasteiger partial charge in [-0.2, -0.15) is 9.57 Å². The number of nitrogens with one attached hydrogen (secondary N) is 1. The fraction of sp³-hybridized carbons (Fsp3) is 0.111. The zero-order chi connectivity index (χ0) is 23.7. The number of nitrogens with zero attached hydrogens (tertiary/aromatic N) is 2. The first-order valence-electron chi connectivity index (χ1n) is 10.8. The average molecular weight is 468 g/mol. The number of benzene rings is 4. The first kappa shape index (κ1) is 21.8. The maximum atomic E-state index is 13.8. The van der Waals surface area contributed by atoms with E-state index < -0.39 is 22.0 Å². The molecule has 0 radical (unpaired) electrons. The molecule has 1 N–H and O–H groups in total. The summed E-state index contributed by atoms with van der Waals surface area (Å²) in [6, 6.07) is 27.8. The van der Waals surface area contributed by atoms with E-state index in [1.807, 2.05) is 54.6 Å². The van der Waals surface area contributed by atoms with E-state index in [0.29, 0.717) is 11.3 Å². The number of sulfonamides is 1. The van der Waals surface area contributed by atoms with E-state index in [2.05, 4.69) is 5.32 Å². The second-order valence-electron chi connectivity index (χ2n) is 8.23. The van der Waals surface area contributed by atoms with Gasteiger partial charge in [0.05, 0.1) is 16.5 Å². The van der Waals surface area contributed by atoms with E-state index in [0.717, 1.165) is 21.9 Å². The van der Waals surface area contributed by atoms with Gasteiger partial charge >= 0.3 is 0 Å². The molecule has 0 bridgehead atoms. The SMILES string of the molecule is N#Cc1ccc(NC(=O)[C@H]2Cc3ccccc3CN2S(=O)(=O)c2ccc3ccccc3c2)cc1. The molecular formula is C27H21N3O3S. The zero-order valence-electron chi connectivity index (χ0n) is 18.2. The van der Waals surface area contributed by atoms with E-state index in [1.54, 1.807) is 42.5 Å². The van der Waals surface area contributed by atoms with Gasteiger partial charge in [-0.25, -0.2) is 8.42 Å². The minimum atomic E-state index is -3.96. The molecule has 0 aliphatic carbocycles. The molecule has 34 heavy (non-hydrogen) atoms. The lowest BCUT2D eigenvalue weighted by Crippen LogP contribution is -2.50. The number of rotatable bonds is 4. The monoisotopic (exact) mass is 467 g/mol. The molecular weight excluding hydrogens is 446 g/mol. The average Bonchev–Trinajstić information content (AvgIpc) is 2.88. The van der Waals surface area contributed by atoms with Crippen molar-refractivity contribution in [2.24, 2.45) is 0 Å². The van der Waals surface area contributed by atoms with Crippen LogP contribution in [0.1, 0.15) is 16.7 Å². The normalized spacial score (nSPS) is 15.9. The quantitative estimate of drug-likeness (QED) is 0.480. The van der Waals surface area contributed by atoms with Gasteiger partial charge < -0.3 is 5.32 Å². The molecule has 1 amide bonds. The largest absolute Gasteiger partial charge is 0.325 e. The molecule has 0 unspecified atom stereocenters. The van der Waals surface area contributed by atoms with Crippen molar-refractivity contribution in [1.29, 1.82) is 5.26 Å². The summed E-state index contributed by atoms with van der Waals surface area (Å²) in [5.74, 6) is -0.413. The van der Waals surface area contributed by atoms with Crippen molar-refractivity contribution < 1.29 is 13.2 Å². The van der Waals surface area contributed by atoms with E-state index in [1.165, 1.54) is 4.31 Å². The van der Waals surface area contributed by atoms with Crippen LogP contribution in [0.5, 0.6) is 0 Å². The smallest absolute Gasteiger partial charge is 0.244 e. The fourth-order valence-corrected chi connectivity index (χ4v) is 5.89. The molecule has 1 aliphatic heterocycles. The Morgan fingerprint density at radius 1 is 0.882 bits per heavy atom. The van der Waals surface area contributed by atoms with Gasteiger partial charge in [-0.3, -0.25) is 4.79 Å². The van der Waals surface area contributed by atoms with Crippen molar-refractivity contribution in [1.82, 2.24) is 4.31 Å². The predicted octanol–water partition coefficient (Wildman–Crippen LogP) is 4.47. The zero-order valence-corrected chi connectivity index (χ0v) is 19.0. The van der Waals surface area contributed by atoms with E-state index >= 15 is 0 Å². The van der Waals surface area contributed by atoms with Gasteiger partial charge in [-0.1, -0.05) is 54.6 Å². The van der Waals surface area contributed by atoms with Crippen LogP contribution >= 0.6 is 0 Å². The molecule has 0 saturated heterocycles. The fourth-order valence-electron chi connectivity index (χ4n) is 4.29. The minimum absolute atomic E-state index is 0.108. The summed E-state index contributed by atoms with van der Waals surface area (Å²) in [6.07, 6.45) is 0.269. The lowest BCUT2D eigenvalue weighted by molar-refractivity contribution is -0.120. The van der Waals surface area contributed by atoms with Crippen molar-refractivity contribution >= 4 is 32.4 Å². The highest BCUT2D eigenvalue weighted by atomic mass is 32.2. The number of carbonyl (C=O) groups excluding carboxylic acids is 1. The third kappa shape index (κ3) is 4.05. The van der Waals surface area contributed by atoms with Crippen LogP contribution in [0.2, 0.25) is 0 Å². The Hall–Kier alpha value is -3.99. The molecule has 6 nitrogen and oxygen atoms in total. The molecule has 168 valence electrons. The molecule has 1 aliphatic rings. The highest BCUT2D eigenvalue weighted by Gasteiger charge is 2.39. The van der Waals surface area contributed by atoms with Crippen molar-refractivity contribution in [3.8, 4) is 6.07 Å². The summed E-state index contributed by atoms with van der Waals surface area (Å²) >= 11 is 0. The number of anilines is 1. The van der Waals surface area contributed by atoms with Gasteiger partial charge in [0.2, 0.25) is 15.9 Å². The molecule has 4 aromatic carbocycles. The Balaban J connectivity index is 1.52. The maximum absolute atomic E-state index is 13.8. The summed E-state index contributed by atoms with van der Waals surface area (Å²) in [4.78, 5) is 13.5. The minimum Gasteiger partial charge on any atom is -0.325 e. The van der Waals surface area contributed by atoms with Crippen LogP contribution in [-0.4, -0.2) is 24.7 Å². The van der Waals surface area contributed by atoms with Gasteiger partial charge in [-0.15, -0.1) is 0 Å². The predicted molar refractivity (Wildman–Crippen MR) is 130 cm³/mol. The van der Waals surface area contributed by atoms with Gasteiger partial charge in [0.25, 0.3) is 0 Å². The van der Waals surface area contributed by atoms with Crippen molar-refractivity contribution in [3.05, 3.63) is 108 Å². The highest BCUT2D eigenvalue weighted by molar-refractivity contribution is 7.89. The molecule has 4 aromatic rings. The number of hydrogen-bond donors (Lipinski definition) is 1. The van der Waals surface area contributed by atoms with Crippen molar-refractivity contribution in [2.75, 3.05) is 5.32 Å². The number of hydrogen-bond acceptors (Lipinski definition) is 4. The molecule has 1 heterocycles. The van der Waals surface area contributed by atoms with Crippen LogP contribution in [-0.2, 0) is 27.8 Å². The lowest BCUT2D eigenvalue weighted by atomic mass is 9.95. The molecule has 1 atom stereocenters. The Morgan fingerprint density at radius 2 is 1.56 bits per heavy atom. The van der Waals surface area contributed by atoms with E-state index in [-0.39, 0.29) is 17.9 Å². The first-order valence-corrected chi connectivity index (χ1v) is 12.3. The van der Waals surface area contributed by atoms with Gasteiger partial charge in [0.1, 0.15) is 6.04 Å². The van der Waals surface area contributed by atoms with Crippen LogP contribution in [0.3, 0.4) is 0 Å². The lowest BCUT2D eigenvalue weighted by Gasteiger charge is -2.35. The Morgan fingerprint density at radius 3 is 2.29 bits per heavy atom. The van der Waals surface area contributed by atoms with E-state index in [4.69, 9.17) is 5.26 Å². The van der Waals surface area contributed by atoms with Crippen molar-refractivity contribution in [2.45, 2.75) is 23.9 Å². The summed E-state index contributed by atoms with van der Waals surface area (Å²) in [5, 5.41) is 13.6. The summed E-state index contributed by atoms with van der Waals surface area (Å²) < 4.78 is 28.9. The second kappa shape index (κ2) is 8.75. The van der Waals surface area contributed by atoms with E-state index in [9.17, 15) is 13.2 Å². The highest BCUT2D eigenvalue weighted by Crippen LogP contribution is 2.31. The molecule has 0 saturated carbocycles. The molecule has 7 heteroatoms. The van der Waals surface area contributed by atoms with Gasteiger partial charge in [-0.05, 0) is 64.7 Å². The Bertz CT molecular complexity index is 1540. The number of nitriles is 1. The molecule has 5 rings (SSSR count). The van der Waals surface area contributed by atoms with Gasteiger partial charge in [0, 0.05) is 12.2 Å². The summed E-state index contributed by atoms with van der Waals surface area (Å²) in [7, 11) is -3.96. The van der Waals surface area contributed by atoms with Crippen LogP contribution < -0.4 is 5.32 Å². The van der Waals surface area contributed by atoms with Crippen LogP contribution in [0.15, 0.2) is 95.9 Å². The van der Waals surface area contributed by atoms with Crippen LogP contribution in [0.25, 0.3) is 10.8 Å². The maximum Gasteiger partial charge on any atom is 0.244 e. The topological polar surface area (TPSA) is 90.3 Å². The third-order valence-electron chi connectivity index (χ3n) is 6.12. The van der Waals surface area contributed by atoms with Crippen LogP contribution in [0, 0.1) is 11.3 Å². The van der Waals surface area contributed by atoms with Gasteiger partial charge in [0.15, 0.2) is 0 Å². The molecule has 0 aromatic heterocycles. The standard InChI is InChI=1S/C27H21N3O3S/c28-17-19-9-12-24(13-10-19)29-27(31)26-16-22-7-3-4-8-23(22)18-30(26)34(32,33)25-14-11-20-5-1-2-6-21(20)15-25/h1-15,26H,16,18H2,(H,29,31)/t26-/m1/s1. The first-order chi connectivity index (χ1) is 16.5. The number of carbonyl (C=O) groups is 1. The summed E-state index contributed by atoms with van der Waals surface area (Å²) in [5.41, 5.74) is 2.82. The summed E-state index contributed by atoms with van der Waals surface area (Å²) in [6.45, 7) is 0.108. The number of fused-ring (bicyclic) bond motifs is 2. The van der Waals surface area contributed by atoms with Crippen molar-refractivity contribution in [3.63, 3.8) is 0 Å². The van der Waals surface area contributed by atoms with Crippen LogP contribution in [0.4, 0.5) is 5.69 Å². The second-order valence-corrected chi connectivity index (χ2v) is 10.1. The Kier molecular flexibility index (Phi) is 5.62.